The number of carboxylic acids is 1. The van der Waals surface area contributed by atoms with E-state index in [1.54, 1.807) is 0 Å². The molecule has 42 valence electrons. The quantitative estimate of drug-likeness (QED) is 0.393. The molecule has 1 aromatic heterocycles. The van der Waals surface area contributed by atoms with Gasteiger partial charge in [-0.2, -0.15) is 0 Å². The summed E-state index contributed by atoms with van der Waals surface area (Å²) < 4.78 is 4.43. The minimum absolute atomic E-state index is 0. The maximum Gasteiger partial charge on any atom is 1.00 e. The van der Waals surface area contributed by atoms with E-state index >= 15 is 0 Å². The van der Waals surface area contributed by atoms with E-state index < -0.39 is 5.97 Å². The molecule has 1 rings (SSSR count). The van der Waals surface area contributed by atoms with Crippen molar-refractivity contribution >= 4 is 5.97 Å². The summed E-state index contributed by atoms with van der Waals surface area (Å²) in [5.41, 5.74) is 0. The normalized spacial score (nSPS) is 8.00. The second kappa shape index (κ2) is 4.24. The first-order valence-electron chi connectivity index (χ1n) is 2.05. The standard InChI is InChI=1S/C5H4O3.K/c6-5(7)4-2-1-3-8-4;/h1-3H,(H,6,7);/q;+1/p-1. The summed E-state index contributed by atoms with van der Waals surface area (Å²) in [6, 6.07) is 2.82. The molecule has 1 heterocycles. The zero-order chi connectivity index (χ0) is 5.98. The van der Waals surface area contributed by atoms with Crippen LogP contribution in [-0.4, -0.2) is 5.97 Å². The Labute approximate surface area is 94.5 Å². The van der Waals surface area contributed by atoms with E-state index in [1.807, 2.05) is 0 Å². The molecule has 0 atom stereocenters. The second-order valence-corrected chi connectivity index (χ2v) is 1.26. The molecule has 0 aromatic carbocycles. The first-order valence-corrected chi connectivity index (χ1v) is 2.05. The molecule has 0 saturated heterocycles. The zero-order valence-electron chi connectivity index (χ0n) is 4.96. The van der Waals surface area contributed by atoms with E-state index in [0.29, 0.717) is 0 Å². The van der Waals surface area contributed by atoms with Gasteiger partial charge in [0.05, 0.1) is 6.26 Å². The third-order valence-electron chi connectivity index (χ3n) is 0.722. The molecule has 0 N–H and O–H groups in total. The molecule has 0 fully saturated rings. The molecule has 9 heavy (non-hydrogen) atoms. The van der Waals surface area contributed by atoms with E-state index in [9.17, 15) is 9.90 Å². The van der Waals surface area contributed by atoms with Crippen LogP contribution in [-0.2, 0) is 0 Å². The van der Waals surface area contributed by atoms with Gasteiger partial charge in [-0.15, -0.1) is 0 Å². The first kappa shape index (κ1) is 9.39. The molecule has 1 aromatic rings. The third kappa shape index (κ3) is 2.64. The Bertz CT molecular complexity index is 180. The third-order valence-corrected chi connectivity index (χ3v) is 0.722. The number of furan rings is 1. The molecular weight excluding hydrogens is 147 g/mol. The van der Waals surface area contributed by atoms with Crippen LogP contribution < -0.4 is 56.5 Å². The van der Waals surface area contributed by atoms with Gasteiger partial charge in [0, 0.05) is 0 Å². The Morgan fingerprint density at radius 3 is 2.56 bits per heavy atom. The van der Waals surface area contributed by atoms with Gasteiger partial charge >= 0.3 is 51.4 Å². The van der Waals surface area contributed by atoms with Gasteiger partial charge in [-0.25, -0.2) is 0 Å². The number of rotatable bonds is 1. The fourth-order valence-electron chi connectivity index (χ4n) is 0.395. The van der Waals surface area contributed by atoms with Crippen molar-refractivity contribution in [3.63, 3.8) is 0 Å². The Kier molecular flexibility index (Phi) is 4.42. The molecule has 0 unspecified atom stereocenters. The van der Waals surface area contributed by atoms with Gasteiger partial charge in [0.15, 0.2) is 0 Å². The summed E-state index contributed by atoms with van der Waals surface area (Å²) in [6.07, 6.45) is 1.28. The molecule has 0 bridgehead atoms. The SMILES string of the molecule is O=C([O-])c1ccco1.[K+]. The summed E-state index contributed by atoms with van der Waals surface area (Å²) in [4.78, 5) is 9.86. The molecule has 0 aliphatic rings. The summed E-state index contributed by atoms with van der Waals surface area (Å²) in [7, 11) is 0. The molecule has 0 aliphatic heterocycles. The predicted molar refractivity (Wildman–Crippen MR) is 23.0 cm³/mol. The van der Waals surface area contributed by atoms with Crippen LogP contribution in [0.4, 0.5) is 0 Å². The first-order chi connectivity index (χ1) is 3.80. The van der Waals surface area contributed by atoms with Gasteiger partial charge in [0.2, 0.25) is 0 Å². The smallest absolute Gasteiger partial charge is 0.542 e. The Balaban J connectivity index is 0.000000640. The van der Waals surface area contributed by atoms with Crippen LogP contribution in [0.2, 0.25) is 0 Å². The van der Waals surface area contributed by atoms with E-state index in [2.05, 4.69) is 4.42 Å². The molecule has 0 spiro atoms. The van der Waals surface area contributed by atoms with Crippen LogP contribution in [0, 0.1) is 0 Å². The topological polar surface area (TPSA) is 53.3 Å². The number of hydrogen-bond donors (Lipinski definition) is 0. The monoisotopic (exact) mass is 150 g/mol. The average Bonchev–Trinajstić information content (AvgIpc) is 2.12. The van der Waals surface area contributed by atoms with Crippen molar-refractivity contribution < 1.29 is 65.7 Å². The fourth-order valence-corrected chi connectivity index (χ4v) is 0.395. The van der Waals surface area contributed by atoms with Crippen LogP contribution >= 0.6 is 0 Å². The number of aromatic carboxylic acids is 1. The van der Waals surface area contributed by atoms with Gasteiger partial charge in [-0.1, -0.05) is 0 Å². The van der Waals surface area contributed by atoms with Crippen molar-refractivity contribution in [3.8, 4) is 0 Å². The molecule has 0 saturated carbocycles. The van der Waals surface area contributed by atoms with Crippen LogP contribution in [0.1, 0.15) is 10.6 Å². The van der Waals surface area contributed by atoms with Crippen molar-refractivity contribution in [2.45, 2.75) is 0 Å². The number of carboxylic acid groups (broad SMARTS) is 1. The fraction of sp³-hybridized carbons (Fsp3) is 0. The summed E-state index contributed by atoms with van der Waals surface area (Å²) in [5, 5.41) is 9.86. The average molecular weight is 150 g/mol. The number of hydrogen-bond acceptors (Lipinski definition) is 3. The van der Waals surface area contributed by atoms with Gasteiger partial charge < -0.3 is 14.3 Å². The zero-order valence-corrected chi connectivity index (χ0v) is 8.08. The minimum atomic E-state index is -1.28. The van der Waals surface area contributed by atoms with Crippen LogP contribution in [0.25, 0.3) is 0 Å². The second-order valence-electron chi connectivity index (χ2n) is 1.26. The van der Waals surface area contributed by atoms with E-state index in [1.165, 1.54) is 18.4 Å². The number of carbonyl (C=O) groups excluding carboxylic acids is 1. The molecule has 4 heteroatoms. The van der Waals surface area contributed by atoms with Crippen molar-refractivity contribution in [2.24, 2.45) is 0 Å². The van der Waals surface area contributed by atoms with Gasteiger partial charge in [-0.05, 0) is 12.1 Å². The molecule has 3 nitrogen and oxygen atoms in total. The number of carbonyl (C=O) groups is 1. The van der Waals surface area contributed by atoms with Crippen molar-refractivity contribution in [3.05, 3.63) is 24.2 Å². The summed E-state index contributed by atoms with van der Waals surface area (Å²) >= 11 is 0. The van der Waals surface area contributed by atoms with Gasteiger partial charge in [0.1, 0.15) is 11.7 Å². The molecule has 0 radical (unpaired) electrons. The van der Waals surface area contributed by atoms with Crippen molar-refractivity contribution in [1.82, 2.24) is 0 Å². The summed E-state index contributed by atoms with van der Waals surface area (Å²) in [5.74, 6) is -1.42. The predicted octanol–water partition coefficient (Wildman–Crippen LogP) is -3.35. The van der Waals surface area contributed by atoms with E-state index in [4.69, 9.17) is 0 Å². The van der Waals surface area contributed by atoms with Crippen LogP contribution in [0.3, 0.4) is 0 Å². The van der Waals surface area contributed by atoms with Crippen LogP contribution in [0.15, 0.2) is 22.8 Å². The molecule has 0 aliphatic carbocycles. The van der Waals surface area contributed by atoms with Crippen LogP contribution in [0.5, 0.6) is 0 Å². The van der Waals surface area contributed by atoms with E-state index in [-0.39, 0.29) is 57.1 Å². The molecular formula is C5H3KO3. The maximum absolute atomic E-state index is 9.86. The molecule has 0 amide bonds. The van der Waals surface area contributed by atoms with E-state index in [0.717, 1.165) is 0 Å². The largest absolute Gasteiger partial charge is 1.00 e. The Morgan fingerprint density at radius 1 is 1.67 bits per heavy atom. The Morgan fingerprint density at radius 2 is 2.33 bits per heavy atom. The van der Waals surface area contributed by atoms with Crippen molar-refractivity contribution in [2.75, 3.05) is 0 Å². The summed E-state index contributed by atoms with van der Waals surface area (Å²) in [6.45, 7) is 0. The van der Waals surface area contributed by atoms with Gasteiger partial charge in [-0.3, -0.25) is 0 Å². The van der Waals surface area contributed by atoms with Gasteiger partial charge in [0.25, 0.3) is 0 Å². The van der Waals surface area contributed by atoms with Crippen molar-refractivity contribution in [1.29, 1.82) is 0 Å². The maximum atomic E-state index is 9.86. The Hall–Kier alpha value is 0.386. The minimum Gasteiger partial charge on any atom is -0.542 e.